The van der Waals surface area contributed by atoms with Crippen LogP contribution in [0.3, 0.4) is 0 Å². The van der Waals surface area contributed by atoms with Gasteiger partial charge in [0.2, 0.25) is 0 Å². The molecule has 0 amide bonds. The molecule has 1 aliphatic heterocycles. The van der Waals surface area contributed by atoms with Crippen molar-refractivity contribution in [2.75, 3.05) is 32.7 Å². The molecule has 1 unspecified atom stereocenters. The average Bonchev–Trinajstić information content (AvgIpc) is 2.64. The van der Waals surface area contributed by atoms with Gasteiger partial charge in [-0.05, 0) is 64.5 Å². The van der Waals surface area contributed by atoms with Gasteiger partial charge in [-0.3, -0.25) is 4.99 Å². The Hall–Kier alpha value is -1.55. The minimum absolute atomic E-state index is 0.649. The molecule has 1 aromatic rings. The SMILES string of the molecule is CCNC(=NCC1CCCN(C(C)C)C1)NCCCc1ccccc1. The van der Waals surface area contributed by atoms with Crippen LogP contribution in [0.25, 0.3) is 0 Å². The molecule has 2 rings (SSSR count). The molecule has 1 aliphatic rings. The van der Waals surface area contributed by atoms with Crippen LogP contribution < -0.4 is 10.6 Å². The Labute approximate surface area is 154 Å². The second-order valence-corrected chi connectivity index (χ2v) is 7.33. The summed E-state index contributed by atoms with van der Waals surface area (Å²) in [6.07, 6.45) is 4.84. The molecular formula is C21H36N4. The van der Waals surface area contributed by atoms with E-state index in [4.69, 9.17) is 4.99 Å². The van der Waals surface area contributed by atoms with Gasteiger partial charge in [0.05, 0.1) is 0 Å². The van der Waals surface area contributed by atoms with Crippen molar-refractivity contribution < 1.29 is 0 Å². The summed E-state index contributed by atoms with van der Waals surface area (Å²) >= 11 is 0. The van der Waals surface area contributed by atoms with E-state index in [-0.39, 0.29) is 0 Å². The lowest BCUT2D eigenvalue weighted by Crippen LogP contribution is -2.42. The predicted molar refractivity (Wildman–Crippen MR) is 108 cm³/mol. The third-order valence-corrected chi connectivity index (χ3v) is 4.91. The van der Waals surface area contributed by atoms with Crippen LogP contribution in [-0.2, 0) is 6.42 Å². The first-order chi connectivity index (χ1) is 12.2. The Morgan fingerprint density at radius 1 is 1.24 bits per heavy atom. The van der Waals surface area contributed by atoms with Gasteiger partial charge in [-0.15, -0.1) is 0 Å². The first kappa shape index (κ1) is 19.8. The maximum absolute atomic E-state index is 4.84. The number of piperidine rings is 1. The van der Waals surface area contributed by atoms with Crippen molar-refractivity contribution >= 4 is 5.96 Å². The molecule has 4 nitrogen and oxygen atoms in total. The van der Waals surface area contributed by atoms with Crippen molar-refractivity contribution in [1.82, 2.24) is 15.5 Å². The highest BCUT2D eigenvalue weighted by Crippen LogP contribution is 2.18. The zero-order valence-corrected chi connectivity index (χ0v) is 16.3. The van der Waals surface area contributed by atoms with Crippen molar-refractivity contribution in [3.8, 4) is 0 Å². The molecule has 0 radical (unpaired) electrons. The molecule has 0 saturated carbocycles. The molecule has 25 heavy (non-hydrogen) atoms. The van der Waals surface area contributed by atoms with E-state index in [1.54, 1.807) is 0 Å². The number of aliphatic imine (C=N–C) groups is 1. The molecule has 0 bridgehead atoms. The van der Waals surface area contributed by atoms with E-state index in [1.807, 2.05) is 0 Å². The van der Waals surface area contributed by atoms with Crippen molar-refractivity contribution in [3.05, 3.63) is 35.9 Å². The number of aryl methyl sites for hydroxylation is 1. The number of hydrogen-bond donors (Lipinski definition) is 2. The third-order valence-electron chi connectivity index (χ3n) is 4.91. The monoisotopic (exact) mass is 344 g/mol. The van der Waals surface area contributed by atoms with Gasteiger partial charge in [0.1, 0.15) is 0 Å². The molecule has 0 aromatic heterocycles. The Morgan fingerprint density at radius 2 is 2.04 bits per heavy atom. The number of guanidine groups is 1. The Balaban J connectivity index is 1.73. The molecule has 1 heterocycles. The molecule has 1 aromatic carbocycles. The summed E-state index contributed by atoms with van der Waals surface area (Å²) in [5.74, 6) is 1.66. The largest absolute Gasteiger partial charge is 0.357 e. The van der Waals surface area contributed by atoms with E-state index >= 15 is 0 Å². The van der Waals surface area contributed by atoms with Gasteiger partial charge in [-0.1, -0.05) is 30.3 Å². The summed E-state index contributed by atoms with van der Waals surface area (Å²) in [5.41, 5.74) is 1.40. The first-order valence-electron chi connectivity index (χ1n) is 9.99. The topological polar surface area (TPSA) is 39.7 Å². The van der Waals surface area contributed by atoms with Gasteiger partial charge in [-0.25, -0.2) is 0 Å². The van der Waals surface area contributed by atoms with Crippen LogP contribution in [0.15, 0.2) is 35.3 Å². The summed E-state index contributed by atoms with van der Waals surface area (Å²) in [4.78, 5) is 7.43. The first-order valence-corrected chi connectivity index (χ1v) is 9.99. The van der Waals surface area contributed by atoms with E-state index < -0.39 is 0 Å². The Bertz CT molecular complexity index is 498. The maximum atomic E-state index is 4.84. The van der Waals surface area contributed by atoms with Crippen molar-refractivity contribution in [2.24, 2.45) is 10.9 Å². The van der Waals surface area contributed by atoms with E-state index in [1.165, 1.54) is 31.5 Å². The minimum atomic E-state index is 0.649. The maximum Gasteiger partial charge on any atom is 0.191 e. The molecule has 140 valence electrons. The minimum Gasteiger partial charge on any atom is -0.357 e. The predicted octanol–water partition coefficient (Wildman–Crippen LogP) is 3.29. The molecule has 1 saturated heterocycles. The molecule has 4 heteroatoms. The van der Waals surface area contributed by atoms with E-state index in [9.17, 15) is 0 Å². The van der Waals surface area contributed by atoms with Gasteiger partial charge >= 0.3 is 0 Å². The van der Waals surface area contributed by atoms with Crippen LogP contribution in [-0.4, -0.2) is 49.6 Å². The van der Waals surface area contributed by atoms with Crippen LogP contribution in [0.2, 0.25) is 0 Å². The van der Waals surface area contributed by atoms with Gasteiger partial charge in [0.25, 0.3) is 0 Å². The number of benzene rings is 1. The van der Waals surface area contributed by atoms with Gasteiger partial charge in [-0.2, -0.15) is 0 Å². The summed E-state index contributed by atoms with van der Waals surface area (Å²) in [7, 11) is 0. The van der Waals surface area contributed by atoms with Gasteiger partial charge < -0.3 is 15.5 Å². The van der Waals surface area contributed by atoms with E-state index in [2.05, 4.69) is 66.6 Å². The van der Waals surface area contributed by atoms with Crippen molar-refractivity contribution in [2.45, 2.75) is 52.5 Å². The molecule has 1 atom stereocenters. The number of hydrogen-bond acceptors (Lipinski definition) is 2. The number of rotatable bonds is 8. The molecule has 0 spiro atoms. The highest BCUT2D eigenvalue weighted by Gasteiger charge is 2.21. The van der Waals surface area contributed by atoms with Crippen LogP contribution in [0.5, 0.6) is 0 Å². The lowest BCUT2D eigenvalue weighted by atomic mass is 9.97. The number of likely N-dealkylation sites (tertiary alicyclic amines) is 1. The second kappa shape index (κ2) is 11.1. The Kier molecular flexibility index (Phi) is 8.81. The number of nitrogens with one attached hydrogen (secondary N) is 2. The lowest BCUT2D eigenvalue weighted by Gasteiger charge is -2.34. The smallest absolute Gasteiger partial charge is 0.191 e. The normalized spacial score (nSPS) is 19.2. The Morgan fingerprint density at radius 3 is 2.76 bits per heavy atom. The van der Waals surface area contributed by atoms with E-state index in [0.29, 0.717) is 12.0 Å². The summed E-state index contributed by atoms with van der Waals surface area (Å²) in [6.45, 7) is 12.0. The highest BCUT2D eigenvalue weighted by atomic mass is 15.2. The molecule has 2 N–H and O–H groups in total. The highest BCUT2D eigenvalue weighted by molar-refractivity contribution is 5.79. The summed E-state index contributed by atoms with van der Waals surface area (Å²) in [6, 6.07) is 11.3. The summed E-state index contributed by atoms with van der Waals surface area (Å²) < 4.78 is 0. The van der Waals surface area contributed by atoms with Crippen LogP contribution in [0.4, 0.5) is 0 Å². The quantitative estimate of drug-likeness (QED) is 0.432. The average molecular weight is 345 g/mol. The lowest BCUT2D eigenvalue weighted by molar-refractivity contribution is 0.143. The summed E-state index contributed by atoms with van der Waals surface area (Å²) in [5, 5.41) is 6.87. The van der Waals surface area contributed by atoms with Crippen LogP contribution >= 0.6 is 0 Å². The number of nitrogens with zero attached hydrogens (tertiary/aromatic N) is 2. The van der Waals surface area contributed by atoms with Crippen molar-refractivity contribution in [3.63, 3.8) is 0 Å². The van der Waals surface area contributed by atoms with Crippen molar-refractivity contribution in [1.29, 1.82) is 0 Å². The second-order valence-electron chi connectivity index (χ2n) is 7.33. The molecular weight excluding hydrogens is 308 g/mol. The zero-order valence-electron chi connectivity index (χ0n) is 16.3. The molecule has 1 fully saturated rings. The van der Waals surface area contributed by atoms with Crippen LogP contribution in [0, 0.1) is 5.92 Å². The molecule has 0 aliphatic carbocycles. The van der Waals surface area contributed by atoms with Gasteiger partial charge in [0, 0.05) is 32.2 Å². The van der Waals surface area contributed by atoms with E-state index in [0.717, 1.165) is 38.4 Å². The standard InChI is InChI=1S/C21H36N4/c1-4-22-21(23-14-8-12-19-10-6-5-7-11-19)24-16-20-13-9-15-25(17-20)18(2)3/h5-7,10-11,18,20H,4,8-9,12-17H2,1-3H3,(H2,22,23,24). The zero-order chi connectivity index (χ0) is 17.9. The third kappa shape index (κ3) is 7.47. The fraction of sp³-hybridized carbons (Fsp3) is 0.667. The fourth-order valence-electron chi connectivity index (χ4n) is 3.42. The fourth-order valence-corrected chi connectivity index (χ4v) is 3.42. The van der Waals surface area contributed by atoms with Gasteiger partial charge in [0.15, 0.2) is 5.96 Å². The van der Waals surface area contributed by atoms with Crippen LogP contribution in [0.1, 0.15) is 45.6 Å².